The first kappa shape index (κ1) is 7.11. The normalized spacial score (nSPS) is 28.6. The van der Waals surface area contributed by atoms with Crippen LogP contribution >= 0.6 is 11.3 Å². The SMILES string of the molecule is [2H]C([2H])([2H])N(c1ncc(B2OC(C)(C)C(C)(C)O2)s1)C([2H])([2H])[2H]. The Kier molecular flexibility index (Phi) is 1.66. The average molecular weight is 260 g/mol. The molecule has 17 heavy (non-hydrogen) atoms. The number of aromatic nitrogens is 1. The van der Waals surface area contributed by atoms with Crippen molar-refractivity contribution in [3.63, 3.8) is 0 Å². The lowest BCUT2D eigenvalue weighted by atomic mass is 9.89. The molecule has 1 aromatic rings. The van der Waals surface area contributed by atoms with Gasteiger partial charge in [0.25, 0.3) is 0 Å². The summed E-state index contributed by atoms with van der Waals surface area (Å²) >= 11 is 0.938. The molecule has 2 rings (SSSR count). The maximum Gasteiger partial charge on any atom is 0.507 e. The van der Waals surface area contributed by atoms with Gasteiger partial charge in [0.15, 0.2) is 5.13 Å². The predicted molar refractivity (Wildman–Crippen MR) is 72.2 cm³/mol. The van der Waals surface area contributed by atoms with Crippen LogP contribution < -0.4 is 9.68 Å². The second kappa shape index (κ2) is 3.97. The Hall–Kier alpha value is -0.585. The summed E-state index contributed by atoms with van der Waals surface area (Å²) in [5.41, 5.74) is -1.09. The minimum atomic E-state index is -2.82. The molecule has 0 atom stereocenters. The second-order valence-corrected chi connectivity index (χ2v) is 6.01. The van der Waals surface area contributed by atoms with Crippen LogP contribution in [0, 0.1) is 0 Å². The molecule has 0 bridgehead atoms. The van der Waals surface area contributed by atoms with E-state index in [9.17, 15) is 0 Å². The van der Waals surface area contributed by atoms with Crippen LogP contribution in [0.25, 0.3) is 0 Å². The minimum absolute atomic E-state index is 0.116. The third kappa shape index (κ3) is 2.21. The van der Waals surface area contributed by atoms with E-state index >= 15 is 0 Å². The molecular formula is C11H19BN2O2S. The molecule has 0 aromatic carbocycles. The molecule has 4 nitrogen and oxygen atoms in total. The Morgan fingerprint density at radius 3 is 2.41 bits per heavy atom. The van der Waals surface area contributed by atoms with E-state index in [4.69, 9.17) is 17.5 Å². The minimum Gasteiger partial charge on any atom is -0.399 e. The molecule has 1 aromatic heterocycles. The summed E-state index contributed by atoms with van der Waals surface area (Å²) in [6.45, 7) is 1.93. The number of hydrogen-bond acceptors (Lipinski definition) is 5. The van der Waals surface area contributed by atoms with Crippen molar-refractivity contribution in [1.82, 2.24) is 4.98 Å². The summed E-state index contributed by atoms with van der Waals surface area (Å²) in [6, 6.07) is 0. The van der Waals surface area contributed by atoms with Crippen LogP contribution in [0.15, 0.2) is 6.20 Å². The van der Waals surface area contributed by atoms with E-state index in [1.807, 2.05) is 27.7 Å². The van der Waals surface area contributed by atoms with Gasteiger partial charge >= 0.3 is 7.12 Å². The van der Waals surface area contributed by atoms with Crippen molar-refractivity contribution in [1.29, 1.82) is 0 Å². The third-order valence-electron chi connectivity index (χ3n) is 3.19. The van der Waals surface area contributed by atoms with E-state index in [-0.39, 0.29) is 5.13 Å². The molecule has 0 saturated carbocycles. The summed E-state index contributed by atoms with van der Waals surface area (Å²) in [5.74, 6) is 0. The molecule has 0 N–H and O–H groups in total. The molecular weight excluding hydrogens is 235 g/mol. The van der Waals surface area contributed by atoms with Gasteiger partial charge in [-0.2, -0.15) is 0 Å². The molecule has 1 aliphatic heterocycles. The smallest absolute Gasteiger partial charge is 0.399 e. The number of rotatable bonds is 2. The van der Waals surface area contributed by atoms with Gasteiger partial charge in [0.05, 0.1) is 16.0 Å². The van der Waals surface area contributed by atoms with Crippen LogP contribution in [0.5, 0.6) is 0 Å². The van der Waals surface area contributed by atoms with Crippen LogP contribution in [0.4, 0.5) is 5.13 Å². The average Bonchev–Trinajstić information content (AvgIpc) is 2.78. The van der Waals surface area contributed by atoms with Crippen molar-refractivity contribution >= 4 is 28.4 Å². The Balaban J connectivity index is 2.31. The first-order valence-corrected chi connectivity index (χ1v) is 6.08. The van der Waals surface area contributed by atoms with Crippen molar-refractivity contribution < 1.29 is 17.5 Å². The highest BCUT2D eigenvalue weighted by atomic mass is 32.1. The van der Waals surface area contributed by atoms with Crippen LogP contribution in [0.3, 0.4) is 0 Å². The Morgan fingerprint density at radius 1 is 1.29 bits per heavy atom. The van der Waals surface area contributed by atoms with E-state index < -0.39 is 32.3 Å². The van der Waals surface area contributed by atoms with Gasteiger partial charge in [0, 0.05) is 28.4 Å². The molecule has 6 heteroatoms. The fraction of sp³-hybridized carbons (Fsp3) is 0.727. The predicted octanol–water partition coefficient (Wildman–Crippen LogP) is 1.51. The van der Waals surface area contributed by atoms with Gasteiger partial charge in [-0.05, 0) is 27.7 Å². The largest absolute Gasteiger partial charge is 0.507 e. The summed E-state index contributed by atoms with van der Waals surface area (Å²) in [5, 5.41) is -0.116. The van der Waals surface area contributed by atoms with Gasteiger partial charge in [0.2, 0.25) is 0 Å². The number of hydrogen-bond donors (Lipinski definition) is 0. The summed E-state index contributed by atoms with van der Waals surface area (Å²) in [6.07, 6.45) is 1.40. The topological polar surface area (TPSA) is 34.6 Å². The standard InChI is InChI=1S/C11H19BN2O2S/c1-10(2)11(3,4)16-12(15-10)8-7-13-9(17-8)14(5)6/h7H,1-6H3/i5D3,6D3. The fourth-order valence-electron chi connectivity index (χ4n) is 1.45. The monoisotopic (exact) mass is 260 g/mol. The molecule has 0 aliphatic carbocycles. The van der Waals surface area contributed by atoms with Gasteiger partial charge < -0.3 is 14.2 Å². The zero-order chi connectivity index (χ0) is 17.8. The number of nitrogens with zero attached hydrogens (tertiary/aromatic N) is 2. The molecule has 1 fully saturated rings. The summed E-state index contributed by atoms with van der Waals surface area (Å²) < 4.78 is 56.8. The third-order valence-corrected chi connectivity index (χ3v) is 4.19. The highest BCUT2D eigenvalue weighted by molar-refractivity contribution is 7.25. The summed E-state index contributed by atoms with van der Waals surface area (Å²) in [4.78, 5) is 4.31. The van der Waals surface area contributed by atoms with Gasteiger partial charge in [-0.1, -0.05) is 0 Å². The van der Waals surface area contributed by atoms with E-state index in [1.54, 1.807) is 0 Å². The van der Waals surface area contributed by atoms with Crippen molar-refractivity contribution in [2.75, 3.05) is 18.9 Å². The molecule has 0 amide bonds. The van der Waals surface area contributed by atoms with Gasteiger partial charge in [-0.25, -0.2) is 4.98 Å². The number of anilines is 1. The van der Waals surface area contributed by atoms with Gasteiger partial charge in [-0.15, -0.1) is 11.3 Å². The maximum atomic E-state index is 7.43. The molecule has 0 unspecified atom stereocenters. The zero-order valence-corrected chi connectivity index (χ0v) is 11.1. The highest BCUT2D eigenvalue weighted by Gasteiger charge is 2.52. The lowest BCUT2D eigenvalue weighted by molar-refractivity contribution is 0.00578. The van der Waals surface area contributed by atoms with Gasteiger partial charge in [0.1, 0.15) is 0 Å². The lowest BCUT2D eigenvalue weighted by Gasteiger charge is -2.32. The Morgan fingerprint density at radius 2 is 1.88 bits per heavy atom. The van der Waals surface area contributed by atoms with Crippen LogP contribution in [-0.2, 0) is 9.31 Å². The van der Waals surface area contributed by atoms with Crippen molar-refractivity contribution in [2.24, 2.45) is 0 Å². The molecule has 2 heterocycles. The summed E-state index contributed by atoms with van der Waals surface area (Å²) in [7, 11) is -0.707. The lowest BCUT2D eigenvalue weighted by Crippen LogP contribution is -2.41. The van der Waals surface area contributed by atoms with Crippen molar-refractivity contribution in [3.05, 3.63) is 6.20 Å². The first-order valence-electron chi connectivity index (χ1n) is 8.27. The van der Waals surface area contributed by atoms with Gasteiger partial charge in [-0.3, -0.25) is 0 Å². The Labute approximate surface area is 116 Å². The van der Waals surface area contributed by atoms with E-state index in [0.717, 1.165) is 11.3 Å². The second-order valence-electron chi connectivity index (χ2n) is 4.97. The van der Waals surface area contributed by atoms with Crippen molar-refractivity contribution in [2.45, 2.75) is 38.9 Å². The van der Waals surface area contributed by atoms with Crippen LogP contribution in [-0.4, -0.2) is 37.3 Å². The number of thiazole rings is 1. The zero-order valence-electron chi connectivity index (χ0n) is 16.3. The Bertz CT molecular complexity index is 556. The maximum absolute atomic E-state index is 7.43. The quantitative estimate of drug-likeness (QED) is 0.755. The van der Waals surface area contributed by atoms with Crippen molar-refractivity contribution in [3.8, 4) is 0 Å². The molecule has 1 aliphatic rings. The van der Waals surface area contributed by atoms with E-state index in [0.29, 0.717) is 9.68 Å². The first-order chi connectivity index (χ1) is 10.2. The van der Waals surface area contributed by atoms with E-state index in [2.05, 4.69) is 4.98 Å². The molecule has 1 saturated heterocycles. The van der Waals surface area contributed by atoms with Crippen LogP contribution in [0.1, 0.15) is 35.9 Å². The van der Waals surface area contributed by atoms with E-state index in [1.165, 1.54) is 6.20 Å². The molecule has 0 spiro atoms. The van der Waals surface area contributed by atoms with Crippen LogP contribution in [0.2, 0.25) is 0 Å². The fourth-order valence-corrected chi connectivity index (χ4v) is 2.15. The highest BCUT2D eigenvalue weighted by Crippen LogP contribution is 2.37. The molecule has 94 valence electrons. The molecule has 0 radical (unpaired) electrons.